The zero-order chi connectivity index (χ0) is 19.7. The van der Waals surface area contributed by atoms with Gasteiger partial charge in [0, 0.05) is 24.6 Å². The Morgan fingerprint density at radius 1 is 1.25 bits per heavy atom. The number of aryl methyl sites for hydroxylation is 1. The van der Waals surface area contributed by atoms with E-state index < -0.39 is 5.92 Å². The number of amides is 1. The average molecular weight is 402 g/mol. The van der Waals surface area contributed by atoms with Gasteiger partial charge >= 0.3 is 5.97 Å². The third-order valence-electron chi connectivity index (χ3n) is 5.74. The van der Waals surface area contributed by atoms with Crippen LogP contribution in [0.2, 0.25) is 5.15 Å². The van der Waals surface area contributed by atoms with Crippen molar-refractivity contribution in [1.82, 2.24) is 14.7 Å². The summed E-state index contributed by atoms with van der Waals surface area (Å²) in [7, 11) is 0. The van der Waals surface area contributed by atoms with E-state index in [0.29, 0.717) is 23.3 Å². The topological polar surface area (TPSA) is 64.4 Å². The first-order chi connectivity index (χ1) is 13.5. The molecule has 2 aliphatic rings. The molecule has 6 nitrogen and oxygen atoms in total. The predicted octanol–water partition coefficient (Wildman–Crippen LogP) is 3.67. The van der Waals surface area contributed by atoms with E-state index in [9.17, 15) is 9.59 Å². The van der Waals surface area contributed by atoms with Gasteiger partial charge in [0.15, 0.2) is 0 Å². The summed E-state index contributed by atoms with van der Waals surface area (Å²) >= 11 is 6.49. The number of carbonyl (C=O) groups excluding carboxylic acids is 2. The first kappa shape index (κ1) is 19.0. The van der Waals surface area contributed by atoms with Crippen molar-refractivity contribution in [2.75, 3.05) is 6.54 Å². The normalized spacial score (nSPS) is 20.1. The molecule has 0 bridgehead atoms. The maximum absolute atomic E-state index is 12.6. The van der Waals surface area contributed by atoms with E-state index in [1.54, 1.807) is 4.68 Å². The highest BCUT2D eigenvalue weighted by molar-refractivity contribution is 6.30. The number of hydrogen-bond acceptors (Lipinski definition) is 4. The second-order valence-corrected chi connectivity index (χ2v) is 7.95. The molecule has 1 atom stereocenters. The highest BCUT2D eigenvalue weighted by atomic mass is 35.5. The Morgan fingerprint density at radius 2 is 1.96 bits per heavy atom. The third kappa shape index (κ3) is 3.65. The maximum Gasteiger partial charge on any atom is 0.311 e. The number of nitrogens with zero attached hydrogens (tertiary/aromatic N) is 3. The van der Waals surface area contributed by atoms with Gasteiger partial charge in [0.05, 0.1) is 17.3 Å². The molecule has 2 aromatic rings. The number of likely N-dealkylation sites (tertiary alicyclic amines) is 1. The predicted molar refractivity (Wildman–Crippen MR) is 105 cm³/mol. The van der Waals surface area contributed by atoms with Gasteiger partial charge in [-0.05, 0) is 31.9 Å². The number of benzene rings is 1. The Hall–Kier alpha value is -2.34. The van der Waals surface area contributed by atoms with Crippen LogP contribution in [0.25, 0.3) is 5.69 Å². The molecule has 1 amide bonds. The van der Waals surface area contributed by atoms with Crippen molar-refractivity contribution in [2.45, 2.75) is 51.7 Å². The largest absolute Gasteiger partial charge is 0.460 e. The van der Waals surface area contributed by atoms with Crippen molar-refractivity contribution in [3.63, 3.8) is 0 Å². The molecular weight excluding hydrogens is 378 g/mol. The monoisotopic (exact) mass is 401 g/mol. The zero-order valence-corrected chi connectivity index (χ0v) is 16.7. The lowest BCUT2D eigenvalue weighted by Crippen LogP contribution is -2.35. The number of ether oxygens (including phenoxy) is 1. The van der Waals surface area contributed by atoms with Gasteiger partial charge in [-0.25, -0.2) is 4.68 Å². The molecule has 1 aromatic heterocycles. The minimum absolute atomic E-state index is 0.0600. The van der Waals surface area contributed by atoms with Crippen molar-refractivity contribution < 1.29 is 14.3 Å². The fourth-order valence-electron chi connectivity index (χ4n) is 4.16. The van der Waals surface area contributed by atoms with Crippen molar-refractivity contribution in [3.8, 4) is 5.69 Å². The van der Waals surface area contributed by atoms with E-state index in [1.807, 2.05) is 42.2 Å². The molecule has 4 rings (SSSR count). The second-order valence-electron chi connectivity index (χ2n) is 7.60. The SMILES string of the molecule is Cc1nn(-c2ccccc2)c(Cl)c1COC(=O)C1CC(=O)N(C2CCCC2)C1. The molecule has 0 N–H and O–H groups in total. The number of carbonyl (C=O) groups is 2. The van der Waals surface area contributed by atoms with Gasteiger partial charge < -0.3 is 9.64 Å². The minimum atomic E-state index is -0.392. The first-order valence-electron chi connectivity index (χ1n) is 9.80. The number of rotatable bonds is 5. The molecule has 28 heavy (non-hydrogen) atoms. The number of esters is 1. The summed E-state index contributed by atoms with van der Waals surface area (Å²) in [6, 6.07) is 9.87. The van der Waals surface area contributed by atoms with E-state index in [0.717, 1.165) is 37.1 Å². The van der Waals surface area contributed by atoms with Gasteiger partial charge in [0.25, 0.3) is 0 Å². The number of para-hydroxylation sites is 1. The summed E-state index contributed by atoms with van der Waals surface area (Å²) in [6.45, 7) is 2.37. The Morgan fingerprint density at radius 3 is 2.68 bits per heavy atom. The van der Waals surface area contributed by atoms with E-state index >= 15 is 0 Å². The van der Waals surface area contributed by atoms with Gasteiger partial charge in [-0.3, -0.25) is 9.59 Å². The summed E-state index contributed by atoms with van der Waals surface area (Å²) in [5.74, 6) is -0.659. The summed E-state index contributed by atoms with van der Waals surface area (Å²) in [6.07, 6.45) is 4.65. The Balaban J connectivity index is 1.40. The van der Waals surface area contributed by atoms with Gasteiger partial charge in [-0.2, -0.15) is 5.10 Å². The molecule has 0 spiro atoms. The molecular formula is C21H24ClN3O3. The highest BCUT2D eigenvalue weighted by Gasteiger charge is 2.39. The average Bonchev–Trinajstić information content (AvgIpc) is 3.41. The summed E-state index contributed by atoms with van der Waals surface area (Å²) in [4.78, 5) is 26.7. The van der Waals surface area contributed by atoms with Gasteiger partial charge in [0.1, 0.15) is 11.8 Å². The van der Waals surface area contributed by atoms with Crippen molar-refractivity contribution in [2.24, 2.45) is 5.92 Å². The summed E-state index contributed by atoms with van der Waals surface area (Å²) in [5, 5.41) is 4.90. The fraction of sp³-hybridized carbons (Fsp3) is 0.476. The molecule has 1 aliphatic heterocycles. The standard InChI is InChI=1S/C21H24ClN3O3/c1-14-18(20(22)25(23-14)17-9-3-2-4-10-17)13-28-21(27)15-11-19(26)24(12-15)16-7-5-6-8-16/h2-4,9-10,15-16H,5-8,11-13H2,1H3. The van der Waals surface area contributed by atoms with Gasteiger partial charge in [-0.1, -0.05) is 42.6 Å². The van der Waals surface area contributed by atoms with Gasteiger partial charge in [0.2, 0.25) is 5.91 Å². The minimum Gasteiger partial charge on any atom is -0.460 e. The Kier molecular flexibility index (Phi) is 5.40. The Bertz CT molecular complexity index is 875. The van der Waals surface area contributed by atoms with Crippen LogP contribution < -0.4 is 0 Å². The van der Waals surface area contributed by atoms with E-state index in [-0.39, 0.29) is 24.9 Å². The van der Waals surface area contributed by atoms with Crippen LogP contribution in [0.5, 0.6) is 0 Å². The van der Waals surface area contributed by atoms with Crippen molar-refractivity contribution >= 4 is 23.5 Å². The molecule has 148 valence electrons. The lowest BCUT2D eigenvalue weighted by atomic mass is 10.1. The van der Waals surface area contributed by atoms with E-state index in [4.69, 9.17) is 16.3 Å². The van der Waals surface area contributed by atoms with E-state index in [2.05, 4.69) is 5.10 Å². The van der Waals surface area contributed by atoms with Crippen molar-refractivity contribution in [1.29, 1.82) is 0 Å². The third-order valence-corrected chi connectivity index (χ3v) is 6.13. The summed E-state index contributed by atoms with van der Waals surface area (Å²) in [5.41, 5.74) is 2.26. The molecule has 2 fully saturated rings. The Labute approximate surface area is 169 Å². The summed E-state index contributed by atoms with van der Waals surface area (Å²) < 4.78 is 7.17. The quantitative estimate of drug-likeness (QED) is 0.717. The molecule has 1 saturated heterocycles. The smallest absolute Gasteiger partial charge is 0.311 e. The van der Waals surface area contributed by atoms with Crippen LogP contribution in [0.1, 0.15) is 43.4 Å². The lowest BCUT2D eigenvalue weighted by Gasteiger charge is -2.23. The maximum atomic E-state index is 12.6. The lowest BCUT2D eigenvalue weighted by molar-refractivity contribution is -0.149. The van der Waals surface area contributed by atoms with Crippen LogP contribution in [0.4, 0.5) is 0 Å². The number of aromatic nitrogens is 2. The molecule has 0 radical (unpaired) electrons. The first-order valence-corrected chi connectivity index (χ1v) is 10.2. The van der Waals surface area contributed by atoms with Crippen LogP contribution in [0, 0.1) is 12.8 Å². The van der Waals surface area contributed by atoms with Crippen LogP contribution in [0.15, 0.2) is 30.3 Å². The van der Waals surface area contributed by atoms with E-state index in [1.165, 1.54) is 0 Å². The van der Waals surface area contributed by atoms with Crippen LogP contribution in [-0.2, 0) is 20.9 Å². The van der Waals surface area contributed by atoms with Crippen LogP contribution in [0.3, 0.4) is 0 Å². The molecule has 1 unspecified atom stereocenters. The molecule has 7 heteroatoms. The molecule has 1 aliphatic carbocycles. The molecule has 1 aromatic carbocycles. The zero-order valence-electron chi connectivity index (χ0n) is 15.9. The van der Waals surface area contributed by atoms with Crippen molar-refractivity contribution in [3.05, 3.63) is 46.7 Å². The van der Waals surface area contributed by atoms with Crippen LogP contribution in [-0.4, -0.2) is 39.1 Å². The second kappa shape index (κ2) is 7.95. The number of halogens is 1. The highest BCUT2D eigenvalue weighted by Crippen LogP contribution is 2.30. The van der Waals surface area contributed by atoms with Crippen LogP contribution >= 0.6 is 11.6 Å². The molecule has 2 heterocycles. The van der Waals surface area contributed by atoms with Gasteiger partial charge in [-0.15, -0.1) is 0 Å². The fourth-order valence-corrected chi connectivity index (χ4v) is 4.48. The number of hydrogen-bond donors (Lipinski definition) is 0. The molecule has 1 saturated carbocycles.